The molecule has 0 spiro atoms. The van der Waals surface area contributed by atoms with Crippen LogP contribution in [-0.2, 0) is 9.59 Å². The van der Waals surface area contributed by atoms with E-state index in [0.29, 0.717) is 11.4 Å². The van der Waals surface area contributed by atoms with E-state index in [1.807, 2.05) is 12.1 Å². The molecule has 1 aromatic carbocycles. The number of carbonyl (C=O) groups excluding carboxylic acids is 2. The zero-order valence-corrected chi connectivity index (χ0v) is 9.34. The van der Waals surface area contributed by atoms with Gasteiger partial charge in [-0.15, -0.1) is 0 Å². The van der Waals surface area contributed by atoms with E-state index in [9.17, 15) is 9.59 Å². The lowest BCUT2D eigenvalue weighted by molar-refractivity contribution is -0.116. The van der Waals surface area contributed by atoms with E-state index in [1.54, 1.807) is 18.2 Å². The SMILES string of the molecule is NC(=O)/C=C(\C(N)=O)C1=Cc2ccccc2ON1. The van der Waals surface area contributed by atoms with Crippen molar-refractivity contribution in [1.29, 1.82) is 0 Å². The Hall–Kier alpha value is -2.76. The van der Waals surface area contributed by atoms with Crippen LogP contribution >= 0.6 is 0 Å². The average molecular weight is 245 g/mol. The van der Waals surface area contributed by atoms with Crippen molar-refractivity contribution in [2.24, 2.45) is 11.5 Å². The molecule has 1 aliphatic rings. The maximum atomic E-state index is 11.3. The van der Waals surface area contributed by atoms with Crippen LogP contribution < -0.4 is 21.8 Å². The molecule has 0 aliphatic carbocycles. The summed E-state index contributed by atoms with van der Waals surface area (Å²) in [6.07, 6.45) is 2.61. The van der Waals surface area contributed by atoms with Crippen LogP contribution in [0.2, 0.25) is 0 Å². The van der Waals surface area contributed by atoms with Gasteiger partial charge in [-0.1, -0.05) is 18.2 Å². The molecule has 6 heteroatoms. The molecular weight excluding hydrogens is 234 g/mol. The van der Waals surface area contributed by atoms with Gasteiger partial charge in [0.05, 0.1) is 11.3 Å². The minimum atomic E-state index is -0.768. The van der Waals surface area contributed by atoms with Crippen molar-refractivity contribution in [2.45, 2.75) is 0 Å². The van der Waals surface area contributed by atoms with Crippen LogP contribution in [0.15, 0.2) is 41.6 Å². The van der Waals surface area contributed by atoms with Crippen molar-refractivity contribution in [3.05, 3.63) is 47.2 Å². The predicted molar refractivity (Wildman–Crippen MR) is 64.7 cm³/mol. The first-order valence-corrected chi connectivity index (χ1v) is 5.13. The summed E-state index contributed by atoms with van der Waals surface area (Å²) >= 11 is 0. The summed E-state index contributed by atoms with van der Waals surface area (Å²) in [6.45, 7) is 0. The Balaban J connectivity index is 2.43. The predicted octanol–water partition coefficient (Wildman–Crippen LogP) is -0.179. The van der Waals surface area contributed by atoms with Crippen molar-refractivity contribution in [1.82, 2.24) is 5.48 Å². The van der Waals surface area contributed by atoms with Gasteiger partial charge in [0.1, 0.15) is 0 Å². The van der Waals surface area contributed by atoms with E-state index in [1.165, 1.54) is 0 Å². The molecule has 5 N–H and O–H groups in total. The van der Waals surface area contributed by atoms with E-state index < -0.39 is 11.8 Å². The van der Waals surface area contributed by atoms with Crippen LogP contribution in [0.25, 0.3) is 6.08 Å². The third-order valence-corrected chi connectivity index (χ3v) is 2.33. The first-order chi connectivity index (χ1) is 8.58. The summed E-state index contributed by atoms with van der Waals surface area (Å²) in [6, 6.07) is 7.20. The molecule has 0 atom stereocenters. The molecule has 18 heavy (non-hydrogen) atoms. The highest BCUT2D eigenvalue weighted by Gasteiger charge is 2.18. The molecule has 0 bridgehead atoms. The maximum absolute atomic E-state index is 11.3. The second kappa shape index (κ2) is 4.62. The van der Waals surface area contributed by atoms with Crippen LogP contribution in [0.5, 0.6) is 5.75 Å². The summed E-state index contributed by atoms with van der Waals surface area (Å²) in [7, 11) is 0. The molecule has 6 nitrogen and oxygen atoms in total. The number of primary amides is 2. The fraction of sp³-hybridized carbons (Fsp3) is 0. The Morgan fingerprint density at radius 1 is 1.22 bits per heavy atom. The highest BCUT2D eigenvalue weighted by atomic mass is 16.6. The van der Waals surface area contributed by atoms with Gasteiger partial charge in [-0.2, -0.15) is 0 Å². The Kier molecular flexibility index (Phi) is 3.01. The van der Waals surface area contributed by atoms with E-state index >= 15 is 0 Å². The second-order valence-electron chi connectivity index (χ2n) is 3.62. The summed E-state index contributed by atoms with van der Waals surface area (Å²) in [5, 5.41) is 0. The standard InChI is InChI=1S/C12H11N3O3/c13-11(16)6-8(12(14)17)9-5-7-3-1-2-4-10(7)18-15-9/h1-6,15H,(H2,13,16)(H2,14,17)/b8-6-. The number of rotatable bonds is 3. The minimum Gasteiger partial charge on any atom is -0.382 e. The van der Waals surface area contributed by atoms with Gasteiger partial charge < -0.3 is 16.3 Å². The largest absolute Gasteiger partial charge is 0.382 e. The highest BCUT2D eigenvalue weighted by Crippen LogP contribution is 2.25. The molecule has 0 aromatic heterocycles. The molecule has 2 rings (SSSR count). The molecule has 1 aromatic rings. The first kappa shape index (κ1) is 11.7. The number of hydroxylamine groups is 1. The summed E-state index contributed by atoms with van der Waals surface area (Å²) in [4.78, 5) is 27.3. The minimum absolute atomic E-state index is 0.0306. The molecule has 0 radical (unpaired) electrons. The van der Waals surface area contributed by atoms with Crippen LogP contribution in [-0.4, -0.2) is 11.8 Å². The van der Waals surface area contributed by atoms with Crippen molar-refractivity contribution < 1.29 is 14.4 Å². The monoisotopic (exact) mass is 245 g/mol. The zero-order valence-electron chi connectivity index (χ0n) is 9.34. The van der Waals surface area contributed by atoms with Crippen LogP contribution in [0, 0.1) is 0 Å². The molecule has 1 heterocycles. The van der Waals surface area contributed by atoms with E-state index in [2.05, 4.69) is 5.48 Å². The Labute approximate surface area is 103 Å². The molecule has 1 aliphatic heterocycles. The van der Waals surface area contributed by atoms with Crippen LogP contribution in [0.1, 0.15) is 5.56 Å². The molecule has 92 valence electrons. The number of carbonyl (C=O) groups is 2. The third-order valence-electron chi connectivity index (χ3n) is 2.33. The summed E-state index contributed by atoms with van der Waals surface area (Å²) in [5.74, 6) is -0.912. The van der Waals surface area contributed by atoms with Gasteiger partial charge in [0.2, 0.25) is 5.91 Å². The average Bonchev–Trinajstić information content (AvgIpc) is 2.35. The van der Waals surface area contributed by atoms with Gasteiger partial charge in [0, 0.05) is 11.6 Å². The van der Waals surface area contributed by atoms with Crippen molar-refractivity contribution in [2.75, 3.05) is 0 Å². The van der Waals surface area contributed by atoms with Gasteiger partial charge in [-0.05, 0) is 12.1 Å². The van der Waals surface area contributed by atoms with E-state index in [0.717, 1.165) is 11.6 Å². The number of nitrogens with one attached hydrogen (secondary N) is 1. The van der Waals surface area contributed by atoms with E-state index in [4.69, 9.17) is 16.3 Å². The number of benzene rings is 1. The van der Waals surface area contributed by atoms with Crippen LogP contribution in [0.3, 0.4) is 0 Å². The Morgan fingerprint density at radius 3 is 2.61 bits per heavy atom. The quantitative estimate of drug-likeness (QED) is 0.642. The van der Waals surface area contributed by atoms with Gasteiger partial charge in [-0.3, -0.25) is 9.59 Å². The highest BCUT2D eigenvalue weighted by molar-refractivity contribution is 6.04. The number of nitrogens with two attached hydrogens (primary N) is 2. The number of hydrogen-bond acceptors (Lipinski definition) is 4. The van der Waals surface area contributed by atoms with Gasteiger partial charge in [0.25, 0.3) is 5.91 Å². The third kappa shape index (κ3) is 2.32. The van der Waals surface area contributed by atoms with E-state index in [-0.39, 0.29) is 5.57 Å². The van der Waals surface area contributed by atoms with Crippen molar-refractivity contribution >= 4 is 17.9 Å². The number of para-hydroxylation sites is 1. The molecule has 0 saturated heterocycles. The molecule has 0 fully saturated rings. The normalized spacial score (nSPS) is 13.8. The topological polar surface area (TPSA) is 107 Å². The molecular formula is C12H11N3O3. The summed E-state index contributed by atoms with van der Waals surface area (Å²) < 4.78 is 0. The lowest BCUT2D eigenvalue weighted by Crippen LogP contribution is -2.29. The van der Waals surface area contributed by atoms with Crippen LogP contribution in [0.4, 0.5) is 0 Å². The fourth-order valence-corrected chi connectivity index (χ4v) is 1.54. The fourth-order valence-electron chi connectivity index (χ4n) is 1.54. The van der Waals surface area contributed by atoms with Crippen molar-refractivity contribution in [3.63, 3.8) is 0 Å². The molecule has 0 saturated carbocycles. The molecule has 2 amide bonds. The Bertz CT molecular complexity index is 576. The smallest absolute Gasteiger partial charge is 0.251 e. The lowest BCUT2D eigenvalue weighted by Gasteiger charge is -2.19. The van der Waals surface area contributed by atoms with Gasteiger partial charge in [0.15, 0.2) is 5.75 Å². The zero-order chi connectivity index (χ0) is 13.1. The lowest BCUT2D eigenvalue weighted by atomic mass is 10.1. The number of fused-ring (bicyclic) bond motifs is 1. The molecule has 0 unspecified atom stereocenters. The number of hydrogen-bond donors (Lipinski definition) is 3. The van der Waals surface area contributed by atoms with Gasteiger partial charge >= 0.3 is 0 Å². The van der Waals surface area contributed by atoms with Crippen molar-refractivity contribution in [3.8, 4) is 5.75 Å². The first-order valence-electron chi connectivity index (χ1n) is 5.13. The van der Waals surface area contributed by atoms with Gasteiger partial charge in [-0.25, -0.2) is 5.48 Å². The Morgan fingerprint density at radius 2 is 1.94 bits per heavy atom. The summed E-state index contributed by atoms with van der Waals surface area (Å²) in [5.41, 5.74) is 13.8. The number of amides is 2. The second-order valence-corrected chi connectivity index (χ2v) is 3.62. The maximum Gasteiger partial charge on any atom is 0.251 e.